The Morgan fingerprint density at radius 2 is 1.70 bits per heavy atom. The summed E-state index contributed by atoms with van der Waals surface area (Å²) in [6.07, 6.45) is 0. The van der Waals surface area contributed by atoms with Gasteiger partial charge in [0, 0.05) is 32.7 Å². The summed E-state index contributed by atoms with van der Waals surface area (Å²) in [5.74, 6) is 1.36. The smallest absolute Gasteiger partial charge is 0.173 e. The molecule has 2 aromatic rings. The van der Waals surface area contributed by atoms with Crippen molar-refractivity contribution in [3.8, 4) is 11.5 Å². The Morgan fingerprint density at radius 1 is 1.04 bits per heavy atom. The highest BCUT2D eigenvalue weighted by Crippen LogP contribution is 2.17. The van der Waals surface area contributed by atoms with Crippen molar-refractivity contribution in [3.05, 3.63) is 54.3 Å². The third-order valence-electron chi connectivity index (χ3n) is 4.51. The van der Waals surface area contributed by atoms with Crippen molar-refractivity contribution in [3.63, 3.8) is 0 Å². The van der Waals surface area contributed by atoms with Gasteiger partial charge >= 0.3 is 0 Å². The molecule has 144 valence electrons. The lowest BCUT2D eigenvalue weighted by atomic mass is 10.3. The van der Waals surface area contributed by atoms with Crippen molar-refractivity contribution < 1.29 is 13.9 Å². The minimum Gasteiger partial charge on any atom is -0.497 e. The van der Waals surface area contributed by atoms with E-state index in [2.05, 4.69) is 15.1 Å². The van der Waals surface area contributed by atoms with Gasteiger partial charge in [0.05, 0.1) is 12.8 Å². The van der Waals surface area contributed by atoms with Gasteiger partial charge in [-0.05, 0) is 48.6 Å². The van der Waals surface area contributed by atoms with Gasteiger partial charge in [-0.25, -0.2) is 4.39 Å². The molecule has 0 radical (unpaired) electrons. The molecule has 0 aromatic heterocycles. The number of nitrogens with zero attached hydrogens (tertiary/aromatic N) is 2. The van der Waals surface area contributed by atoms with E-state index >= 15 is 0 Å². The summed E-state index contributed by atoms with van der Waals surface area (Å²) in [5, 5.41) is 3.56. The maximum Gasteiger partial charge on any atom is 0.173 e. The van der Waals surface area contributed by atoms with Crippen LogP contribution in [0.5, 0.6) is 11.5 Å². The van der Waals surface area contributed by atoms with Gasteiger partial charge in [0.1, 0.15) is 23.9 Å². The monoisotopic (exact) mass is 389 g/mol. The van der Waals surface area contributed by atoms with Crippen LogP contribution >= 0.6 is 12.2 Å². The van der Waals surface area contributed by atoms with E-state index in [4.69, 9.17) is 21.7 Å². The molecule has 1 aliphatic heterocycles. The molecule has 7 heteroatoms. The Morgan fingerprint density at radius 3 is 2.37 bits per heavy atom. The number of rotatable bonds is 6. The first-order chi connectivity index (χ1) is 13.2. The summed E-state index contributed by atoms with van der Waals surface area (Å²) in [4.78, 5) is 4.41. The van der Waals surface area contributed by atoms with Crippen LogP contribution in [0.25, 0.3) is 0 Å². The summed E-state index contributed by atoms with van der Waals surface area (Å²) >= 11 is 5.42. The number of nitrogens with one attached hydrogen (secondary N) is 1. The van der Waals surface area contributed by atoms with Crippen LogP contribution < -0.4 is 14.8 Å². The Labute approximate surface area is 164 Å². The number of thiocarbonyl (C=S) groups is 1. The van der Waals surface area contributed by atoms with Gasteiger partial charge in [-0.1, -0.05) is 12.1 Å². The van der Waals surface area contributed by atoms with Crippen molar-refractivity contribution in [1.82, 2.24) is 9.80 Å². The van der Waals surface area contributed by atoms with Gasteiger partial charge in [0.25, 0.3) is 0 Å². The van der Waals surface area contributed by atoms with Crippen LogP contribution in [0.1, 0.15) is 0 Å². The molecule has 1 saturated heterocycles. The summed E-state index contributed by atoms with van der Waals surface area (Å²) in [6.45, 7) is 4.89. The Kier molecular flexibility index (Phi) is 6.84. The largest absolute Gasteiger partial charge is 0.497 e. The maximum absolute atomic E-state index is 13.7. The molecule has 0 bridgehead atoms. The second-order valence-corrected chi connectivity index (χ2v) is 6.65. The van der Waals surface area contributed by atoms with Crippen molar-refractivity contribution in [2.75, 3.05) is 51.8 Å². The zero-order valence-corrected chi connectivity index (χ0v) is 16.2. The van der Waals surface area contributed by atoms with E-state index in [9.17, 15) is 4.39 Å². The molecule has 1 N–H and O–H groups in total. The SMILES string of the molecule is COc1ccc(OCCN2CCN(C(=S)Nc3ccccc3F)CC2)cc1. The lowest BCUT2D eigenvalue weighted by Gasteiger charge is -2.36. The van der Waals surface area contributed by atoms with Crippen LogP contribution in [-0.2, 0) is 0 Å². The zero-order valence-electron chi connectivity index (χ0n) is 15.4. The minimum atomic E-state index is -0.297. The highest BCUT2D eigenvalue weighted by Gasteiger charge is 2.19. The number of ether oxygens (including phenoxy) is 2. The molecule has 1 fully saturated rings. The lowest BCUT2D eigenvalue weighted by molar-refractivity contribution is 0.155. The van der Waals surface area contributed by atoms with Crippen LogP contribution in [0.4, 0.5) is 10.1 Å². The van der Waals surface area contributed by atoms with Gasteiger partial charge < -0.3 is 19.7 Å². The number of anilines is 1. The second kappa shape index (κ2) is 9.53. The van der Waals surface area contributed by atoms with E-state index in [1.807, 2.05) is 24.3 Å². The number of hydrogen-bond donors (Lipinski definition) is 1. The number of piperazine rings is 1. The predicted molar refractivity (Wildman–Crippen MR) is 109 cm³/mol. The van der Waals surface area contributed by atoms with E-state index in [1.54, 1.807) is 25.3 Å². The van der Waals surface area contributed by atoms with Crippen molar-refractivity contribution >= 4 is 23.0 Å². The average molecular weight is 389 g/mol. The molecule has 0 saturated carbocycles. The number of methoxy groups -OCH3 is 1. The fourth-order valence-corrected chi connectivity index (χ4v) is 3.19. The van der Waals surface area contributed by atoms with E-state index < -0.39 is 0 Å². The normalized spacial score (nSPS) is 14.7. The molecule has 5 nitrogen and oxygen atoms in total. The highest BCUT2D eigenvalue weighted by atomic mass is 32.1. The third kappa shape index (κ3) is 5.55. The molecule has 1 heterocycles. The van der Waals surface area contributed by atoms with Gasteiger partial charge in [-0.3, -0.25) is 4.90 Å². The van der Waals surface area contributed by atoms with Crippen molar-refractivity contribution in [2.45, 2.75) is 0 Å². The molecular formula is C20H24FN3O2S. The number of hydrogen-bond acceptors (Lipinski definition) is 4. The van der Waals surface area contributed by atoms with Gasteiger partial charge in [0.15, 0.2) is 5.11 Å². The van der Waals surface area contributed by atoms with Crippen molar-refractivity contribution in [2.24, 2.45) is 0 Å². The minimum absolute atomic E-state index is 0.297. The molecule has 0 aliphatic carbocycles. The number of para-hydroxylation sites is 1. The lowest BCUT2D eigenvalue weighted by Crippen LogP contribution is -2.50. The molecule has 0 amide bonds. The molecule has 3 rings (SSSR count). The van der Waals surface area contributed by atoms with Crippen LogP contribution in [0.3, 0.4) is 0 Å². The molecular weight excluding hydrogens is 365 g/mol. The fourth-order valence-electron chi connectivity index (χ4n) is 2.90. The van der Waals surface area contributed by atoms with Crippen molar-refractivity contribution in [1.29, 1.82) is 0 Å². The summed E-state index contributed by atoms with van der Waals surface area (Å²) < 4.78 is 24.7. The summed E-state index contributed by atoms with van der Waals surface area (Å²) in [5.41, 5.74) is 0.415. The third-order valence-corrected chi connectivity index (χ3v) is 4.87. The first-order valence-corrected chi connectivity index (χ1v) is 9.36. The second-order valence-electron chi connectivity index (χ2n) is 6.26. The van der Waals surface area contributed by atoms with Crippen LogP contribution in [0, 0.1) is 5.82 Å². The van der Waals surface area contributed by atoms with Gasteiger partial charge in [-0.15, -0.1) is 0 Å². The van der Waals surface area contributed by atoms with Crippen LogP contribution in [0.2, 0.25) is 0 Å². The van der Waals surface area contributed by atoms with E-state index in [0.29, 0.717) is 17.4 Å². The molecule has 1 aliphatic rings. The topological polar surface area (TPSA) is 37.0 Å². The van der Waals surface area contributed by atoms with E-state index in [0.717, 1.165) is 44.2 Å². The van der Waals surface area contributed by atoms with E-state index in [-0.39, 0.29) is 5.82 Å². The van der Waals surface area contributed by atoms with E-state index in [1.165, 1.54) is 6.07 Å². The zero-order chi connectivity index (χ0) is 19.1. The highest BCUT2D eigenvalue weighted by molar-refractivity contribution is 7.80. The average Bonchev–Trinajstić information content (AvgIpc) is 2.71. The summed E-state index contributed by atoms with van der Waals surface area (Å²) in [6, 6.07) is 14.1. The Balaban J connectivity index is 1.38. The predicted octanol–water partition coefficient (Wildman–Crippen LogP) is 3.23. The fraction of sp³-hybridized carbons (Fsp3) is 0.350. The first-order valence-electron chi connectivity index (χ1n) is 8.95. The summed E-state index contributed by atoms with van der Waals surface area (Å²) in [7, 11) is 1.65. The molecule has 0 atom stereocenters. The molecule has 0 unspecified atom stereocenters. The Hall–Kier alpha value is -2.38. The standard InChI is InChI=1S/C20H24FN3O2S/c1-25-16-6-8-17(9-7-16)26-15-14-23-10-12-24(13-11-23)20(27)22-19-5-3-2-4-18(19)21/h2-9H,10-15H2,1H3,(H,22,27). The Bertz CT molecular complexity index is 749. The molecule has 2 aromatic carbocycles. The van der Waals surface area contributed by atoms with Crippen LogP contribution in [-0.4, -0.2) is 61.4 Å². The molecule has 0 spiro atoms. The van der Waals surface area contributed by atoms with Gasteiger partial charge in [0.2, 0.25) is 0 Å². The first kappa shape index (κ1) is 19.4. The molecule has 27 heavy (non-hydrogen) atoms. The van der Waals surface area contributed by atoms with Gasteiger partial charge in [-0.2, -0.15) is 0 Å². The number of benzene rings is 2. The maximum atomic E-state index is 13.7. The number of halogens is 1. The van der Waals surface area contributed by atoms with Crippen LogP contribution in [0.15, 0.2) is 48.5 Å². The quantitative estimate of drug-likeness (QED) is 0.765.